The first-order chi connectivity index (χ1) is 9.04. The van der Waals surface area contributed by atoms with Crippen LogP contribution in [0.5, 0.6) is 0 Å². The van der Waals surface area contributed by atoms with E-state index in [2.05, 4.69) is 15.0 Å². The first-order valence-electron chi connectivity index (χ1n) is 5.24. The fourth-order valence-corrected chi connectivity index (χ4v) is 1.74. The molecular formula is C11H10ClFN4O2. The summed E-state index contributed by atoms with van der Waals surface area (Å²) in [6, 6.07) is 4.32. The van der Waals surface area contributed by atoms with Gasteiger partial charge in [0.05, 0.1) is 13.7 Å². The van der Waals surface area contributed by atoms with Gasteiger partial charge >= 0.3 is 5.97 Å². The standard InChI is InChI=1S/C11H10ClFN4O2/c1-19-11(18)9-10(14)17(16-15-9)5-6-7(12)3-2-4-8(6)13/h2-4H,5,14H2,1H3. The number of benzene rings is 1. The number of esters is 1. The summed E-state index contributed by atoms with van der Waals surface area (Å²) in [5.74, 6) is -1.20. The number of carbonyl (C=O) groups excluding carboxylic acids is 1. The number of carbonyl (C=O) groups is 1. The molecule has 0 spiro atoms. The fraction of sp³-hybridized carbons (Fsp3) is 0.182. The van der Waals surface area contributed by atoms with Crippen molar-refractivity contribution in [3.05, 3.63) is 40.3 Å². The van der Waals surface area contributed by atoms with E-state index in [-0.39, 0.29) is 28.6 Å². The van der Waals surface area contributed by atoms with E-state index in [4.69, 9.17) is 17.3 Å². The Bertz CT molecular complexity index is 609. The van der Waals surface area contributed by atoms with Gasteiger partial charge in [0.25, 0.3) is 0 Å². The van der Waals surface area contributed by atoms with Crippen LogP contribution < -0.4 is 5.73 Å². The normalized spacial score (nSPS) is 10.5. The summed E-state index contributed by atoms with van der Waals surface area (Å²) >= 11 is 5.89. The van der Waals surface area contributed by atoms with Crippen molar-refractivity contribution < 1.29 is 13.9 Å². The molecule has 0 radical (unpaired) electrons. The second-order valence-electron chi connectivity index (χ2n) is 3.67. The van der Waals surface area contributed by atoms with Gasteiger partial charge in [-0.3, -0.25) is 0 Å². The third-order valence-electron chi connectivity index (χ3n) is 2.52. The number of nitrogens with zero attached hydrogens (tertiary/aromatic N) is 3. The van der Waals surface area contributed by atoms with E-state index in [1.807, 2.05) is 0 Å². The quantitative estimate of drug-likeness (QED) is 0.863. The number of halogens is 2. The van der Waals surface area contributed by atoms with Gasteiger partial charge in [-0.25, -0.2) is 13.9 Å². The van der Waals surface area contributed by atoms with E-state index in [0.29, 0.717) is 0 Å². The highest BCUT2D eigenvalue weighted by atomic mass is 35.5. The summed E-state index contributed by atoms with van der Waals surface area (Å²) in [5.41, 5.74) is 5.80. The Morgan fingerprint density at radius 2 is 2.32 bits per heavy atom. The lowest BCUT2D eigenvalue weighted by molar-refractivity contribution is 0.0595. The lowest BCUT2D eigenvalue weighted by Gasteiger charge is -2.06. The van der Waals surface area contributed by atoms with E-state index in [1.54, 1.807) is 6.07 Å². The summed E-state index contributed by atoms with van der Waals surface area (Å²) in [7, 11) is 1.20. The van der Waals surface area contributed by atoms with Crippen LogP contribution in [0.3, 0.4) is 0 Å². The molecule has 0 aliphatic rings. The topological polar surface area (TPSA) is 83.0 Å². The van der Waals surface area contributed by atoms with Gasteiger partial charge in [-0.05, 0) is 12.1 Å². The molecule has 0 saturated heterocycles. The van der Waals surface area contributed by atoms with Crippen molar-refractivity contribution in [1.82, 2.24) is 15.0 Å². The van der Waals surface area contributed by atoms with Crippen LogP contribution in [-0.2, 0) is 11.3 Å². The number of aromatic nitrogens is 3. The number of ether oxygens (including phenoxy) is 1. The van der Waals surface area contributed by atoms with Crippen LogP contribution in [-0.4, -0.2) is 28.1 Å². The molecule has 0 aliphatic heterocycles. The van der Waals surface area contributed by atoms with Crippen molar-refractivity contribution in [3.63, 3.8) is 0 Å². The minimum absolute atomic E-state index is 0.00818. The Balaban J connectivity index is 2.35. The predicted octanol–water partition coefficient (Wildman–Crippen LogP) is 1.49. The Morgan fingerprint density at radius 1 is 1.58 bits per heavy atom. The molecule has 2 rings (SSSR count). The van der Waals surface area contributed by atoms with Crippen molar-refractivity contribution in [2.24, 2.45) is 0 Å². The van der Waals surface area contributed by atoms with Crippen LogP contribution in [0.25, 0.3) is 0 Å². The second-order valence-corrected chi connectivity index (χ2v) is 4.08. The maximum absolute atomic E-state index is 13.6. The zero-order valence-electron chi connectivity index (χ0n) is 9.93. The van der Waals surface area contributed by atoms with Crippen LogP contribution in [0.15, 0.2) is 18.2 Å². The average Bonchev–Trinajstić information content (AvgIpc) is 2.75. The number of nitrogens with two attached hydrogens (primary N) is 1. The molecule has 2 N–H and O–H groups in total. The van der Waals surface area contributed by atoms with Crippen LogP contribution in [0.2, 0.25) is 5.02 Å². The third kappa shape index (κ3) is 2.50. The van der Waals surface area contributed by atoms with E-state index in [1.165, 1.54) is 23.9 Å². The molecule has 8 heteroatoms. The third-order valence-corrected chi connectivity index (χ3v) is 2.88. The zero-order valence-corrected chi connectivity index (χ0v) is 10.7. The van der Waals surface area contributed by atoms with Gasteiger partial charge < -0.3 is 10.5 Å². The SMILES string of the molecule is COC(=O)c1nnn(Cc2c(F)cccc2Cl)c1N. The van der Waals surface area contributed by atoms with Crippen LogP contribution in [0.1, 0.15) is 16.1 Å². The highest BCUT2D eigenvalue weighted by Gasteiger charge is 2.19. The molecule has 1 heterocycles. The first kappa shape index (κ1) is 13.3. The summed E-state index contributed by atoms with van der Waals surface area (Å²) < 4.78 is 19.3. The zero-order chi connectivity index (χ0) is 14.0. The lowest BCUT2D eigenvalue weighted by Crippen LogP contribution is -2.10. The average molecular weight is 285 g/mol. The minimum Gasteiger partial charge on any atom is -0.464 e. The molecule has 1 aromatic heterocycles. The summed E-state index contributed by atoms with van der Waals surface area (Å²) in [6.07, 6.45) is 0. The molecular weight excluding hydrogens is 275 g/mol. The van der Waals surface area contributed by atoms with Gasteiger partial charge in [0, 0.05) is 10.6 Å². The first-order valence-corrected chi connectivity index (χ1v) is 5.62. The lowest BCUT2D eigenvalue weighted by atomic mass is 10.2. The van der Waals surface area contributed by atoms with Crippen molar-refractivity contribution in [1.29, 1.82) is 0 Å². The molecule has 100 valence electrons. The molecule has 0 bridgehead atoms. The molecule has 0 atom stereocenters. The van der Waals surface area contributed by atoms with E-state index >= 15 is 0 Å². The Morgan fingerprint density at radius 3 is 2.95 bits per heavy atom. The number of hydrogen-bond acceptors (Lipinski definition) is 5. The summed E-state index contributed by atoms with van der Waals surface area (Å²) in [6.45, 7) is -0.0265. The molecule has 0 amide bonds. The minimum atomic E-state index is -0.705. The van der Waals surface area contributed by atoms with Crippen molar-refractivity contribution in [3.8, 4) is 0 Å². The summed E-state index contributed by atoms with van der Waals surface area (Å²) in [4.78, 5) is 11.3. The molecule has 6 nitrogen and oxygen atoms in total. The number of rotatable bonds is 3. The predicted molar refractivity (Wildman–Crippen MR) is 66.3 cm³/mol. The molecule has 0 unspecified atom stereocenters. The van der Waals surface area contributed by atoms with Crippen LogP contribution in [0.4, 0.5) is 10.2 Å². The highest BCUT2D eigenvalue weighted by molar-refractivity contribution is 6.31. The largest absolute Gasteiger partial charge is 0.464 e. The molecule has 19 heavy (non-hydrogen) atoms. The maximum atomic E-state index is 13.6. The van der Waals surface area contributed by atoms with Gasteiger partial charge in [0.1, 0.15) is 5.82 Å². The Hall–Kier alpha value is -2.15. The maximum Gasteiger partial charge on any atom is 0.362 e. The number of anilines is 1. The van der Waals surface area contributed by atoms with Crippen LogP contribution >= 0.6 is 11.6 Å². The molecule has 0 fully saturated rings. The number of nitrogen functional groups attached to an aromatic ring is 1. The molecule has 2 aromatic rings. The number of hydrogen-bond donors (Lipinski definition) is 1. The number of methoxy groups -OCH3 is 1. The van der Waals surface area contributed by atoms with E-state index in [0.717, 1.165) is 0 Å². The second kappa shape index (κ2) is 5.23. The smallest absolute Gasteiger partial charge is 0.362 e. The van der Waals surface area contributed by atoms with Gasteiger partial charge in [0.2, 0.25) is 5.69 Å². The molecule has 0 saturated carbocycles. The van der Waals surface area contributed by atoms with Crippen LogP contribution in [0, 0.1) is 5.82 Å². The molecule has 1 aromatic carbocycles. The Labute approximate surface area is 112 Å². The van der Waals surface area contributed by atoms with Gasteiger partial charge in [-0.1, -0.05) is 22.9 Å². The van der Waals surface area contributed by atoms with Gasteiger partial charge in [-0.2, -0.15) is 0 Å². The molecule has 0 aliphatic carbocycles. The highest BCUT2D eigenvalue weighted by Crippen LogP contribution is 2.21. The summed E-state index contributed by atoms with van der Waals surface area (Å²) in [5, 5.41) is 7.51. The van der Waals surface area contributed by atoms with Gasteiger partial charge in [0.15, 0.2) is 5.82 Å². The monoisotopic (exact) mass is 284 g/mol. The van der Waals surface area contributed by atoms with Crippen molar-refractivity contribution >= 4 is 23.4 Å². The van der Waals surface area contributed by atoms with Gasteiger partial charge in [-0.15, -0.1) is 5.10 Å². The van der Waals surface area contributed by atoms with E-state index < -0.39 is 11.8 Å². The van der Waals surface area contributed by atoms with E-state index in [9.17, 15) is 9.18 Å². The Kier molecular flexibility index (Phi) is 3.66. The fourth-order valence-electron chi connectivity index (χ4n) is 1.51. The van der Waals surface area contributed by atoms with Crippen molar-refractivity contribution in [2.45, 2.75) is 6.54 Å². The van der Waals surface area contributed by atoms with Crippen molar-refractivity contribution in [2.75, 3.05) is 12.8 Å².